The van der Waals surface area contributed by atoms with Gasteiger partial charge in [0.25, 0.3) is 5.91 Å². The topological polar surface area (TPSA) is 50.6 Å². The van der Waals surface area contributed by atoms with Gasteiger partial charge in [-0.3, -0.25) is 14.4 Å². The van der Waals surface area contributed by atoms with Crippen LogP contribution in [-0.2, 0) is 25.9 Å². The van der Waals surface area contributed by atoms with E-state index >= 15 is 0 Å². The Hall–Kier alpha value is -2.25. The smallest absolute Gasteiger partial charge is 0.274 e. The van der Waals surface area contributed by atoms with Crippen molar-refractivity contribution in [3.8, 4) is 5.75 Å². The lowest BCUT2D eigenvalue weighted by Gasteiger charge is -2.32. The van der Waals surface area contributed by atoms with Gasteiger partial charge in [0.1, 0.15) is 5.75 Å². The summed E-state index contributed by atoms with van der Waals surface area (Å²) in [5.74, 6) is 2.99. The van der Waals surface area contributed by atoms with Gasteiger partial charge in [-0.1, -0.05) is 18.2 Å². The zero-order valence-electron chi connectivity index (χ0n) is 18.5. The molecule has 1 aromatic heterocycles. The zero-order valence-corrected chi connectivity index (χ0v) is 19.4. The number of rotatable bonds is 7. The van der Waals surface area contributed by atoms with E-state index in [4.69, 9.17) is 9.84 Å². The van der Waals surface area contributed by atoms with Crippen molar-refractivity contribution in [2.24, 2.45) is 0 Å². The van der Waals surface area contributed by atoms with E-state index in [1.54, 1.807) is 7.11 Å². The molecule has 0 saturated carbocycles. The van der Waals surface area contributed by atoms with E-state index in [2.05, 4.69) is 30.7 Å². The van der Waals surface area contributed by atoms with E-state index in [0.29, 0.717) is 18.3 Å². The van der Waals surface area contributed by atoms with Gasteiger partial charge in [0, 0.05) is 48.4 Å². The Kier molecular flexibility index (Phi) is 7.02. The third-order valence-electron chi connectivity index (χ3n) is 6.31. The summed E-state index contributed by atoms with van der Waals surface area (Å²) in [6.45, 7) is 7.00. The molecule has 2 aromatic rings. The SMILES string of the molecule is C=CCn1nc(C(=O)N2CCSCC2)c2c1CC[C@@H](N(C)Cc1cccc(OC)c1)C2. The van der Waals surface area contributed by atoms with Crippen LogP contribution in [0.3, 0.4) is 0 Å². The Morgan fingerprint density at radius 2 is 2.19 bits per heavy atom. The maximum atomic E-state index is 13.3. The molecular formula is C24H32N4O2S. The van der Waals surface area contributed by atoms with E-state index in [-0.39, 0.29) is 5.91 Å². The van der Waals surface area contributed by atoms with Crippen LogP contribution in [0.2, 0.25) is 0 Å². The van der Waals surface area contributed by atoms with Gasteiger partial charge in [-0.15, -0.1) is 6.58 Å². The number of benzene rings is 1. The molecule has 7 heteroatoms. The van der Waals surface area contributed by atoms with Gasteiger partial charge in [-0.25, -0.2) is 0 Å². The predicted molar refractivity (Wildman–Crippen MR) is 126 cm³/mol. The Morgan fingerprint density at radius 1 is 1.39 bits per heavy atom. The van der Waals surface area contributed by atoms with E-state index in [1.165, 1.54) is 11.3 Å². The minimum absolute atomic E-state index is 0.0930. The number of fused-ring (bicyclic) bond motifs is 1. The molecule has 1 fully saturated rings. The number of carbonyl (C=O) groups excluding carboxylic acids is 1. The molecular weight excluding hydrogens is 408 g/mol. The lowest BCUT2D eigenvalue weighted by atomic mass is 9.90. The second-order valence-electron chi connectivity index (χ2n) is 8.31. The summed E-state index contributed by atoms with van der Waals surface area (Å²) in [4.78, 5) is 17.7. The zero-order chi connectivity index (χ0) is 21.8. The molecule has 2 heterocycles. The largest absolute Gasteiger partial charge is 0.497 e. The fourth-order valence-corrected chi connectivity index (χ4v) is 5.50. The van der Waals surface area contributed by atoms with Gasteiger partial charge < -0.3 is 9.64 Å². The Labute approximate surface area is 189 Å². The number of amides is 1. The molecule has 1 aliphatic heterocycles. The number of allylic oxidation sites excluding steroid dienone is 1. The number of carbonyl (C=O) groups is 1. The highest BCUT2D eigenvalue weighted by atomic mass is 32.2. The maximum absolute atomic E-state index is 13.3. The molecule has 4 rings (SSSR count). The van der Waals surface area contributed by atoms with Crippen LogP contribution in [0.25, 0.3) is 0 Å². The van der Waals surface area contributed by atoms with Crippen molar-refractivity contribution in [1.29, 1.82) is 0 Å². The molecule has 1 aromatic carbocycles. The van der Waals surface area contributed by atoms with Crippen LogP contribution in [0.1, 0.15) is 33.7 Å². The molecule has 0 bridgehead atoms. The number of likely N-dealkylation sites (N-methyl/N-ethyl adjacent to an activating group) is 1. The Morgan fingerprint density at radius 3 is 2.94 bits per heavy atom. The summed E-state index contributed by atoms with van der Waals surface area (Å²) >= 11 is 1.91. The van der Waals surface area contributed by atoms with Crippen LogP contribution in [-0.4, -0.2) is 70.3 Å². The van der Waals surface area contributed by atoms with Gasteiger partial charge in [0.05, 0.1) is 13.7 Å². The predicted octanol–water partition coefficient (Wildman–Crippen LogP) is 3.26. The van der Waals surface area contributed by atoms with Crippen LogP contribution >= 0.6 is 11.8 Å². The Balaban J connectivity index is 1.54. The third kappa shape index (κ3) is 4.83. The number of methoxy groups -OCH3 is 1. The Bertz CT molecular complexity index is 936. The lowest BCUT2D eigenvalue weighted by molar-refractivity contribution is 0.0763. The highest BCUT2D eigenvalue weighted by Crippen LogP contribution is 2.29. The summed E-state index contributed by atoms with van der Waals surface area (Å²) in [5, 5.41) is 4.77. The first kappa shape index (κ1) is 22.0. The molecule has 0 unspecified atom stereocenters. The number of hydrogen-bond acceptors (Lipinski definition) is 5. The van der Waals surface area contributed by atoms with Crippen molar-refractivity contribution in [2.75, 3.05) is 38.8 Å². The molecule has 6 nitrogen and oxygen atoms in total. The number of ether oxygens (including phenoxy) is 1. The average molecular weight is 441 g/mol. The number of nitrogens with zero attached hydrogens (tertiary/aromatic N) is 4. The van der Waals surface area contributed by atoms with Gasteiger partial charge >= 0.3 is 0 Å². The number of thioether (sulfide) groups is 1. The van der Waals surface area contributed by atoms with Gasteiger partial charge in [-0.2, -0.15) is 16.9 Å². The van der Waals surface area contributed by atoms with E-state index in [1.807, 2.05) is 39.6 Å². The highest BCUT2D eigenvalue weighted by molar-refractivity contribution is 7.99. The summed E-state index contributed by atoms with van der Waals surface area (Å²) in [7, 11) is 3.87. The summed E-state index contributed by atoms with van der Waals surface area (Å²) in [5.41, 5.74) is 4.24. The minimum Gasteiger partial charge on any atom is -0.497 e. The van der Waals surface area contributed by atoms with Crippen LogP contribution in [0.15, 0.2) is 36.9 Å². The molecule has 166 valence electrons. The van der Waals surface area contributed by atoms with Crippen LogP contribution in [0.4, 0.5) is 0 Å². The fraction of sp³-hybridized carbons (Fsp3) is 0.500. The average Bonchev–Trinajstić information content (AvgIpc) is 3.17. The molecule has 0 spiro atoms. The van der Waals surface area contributed by atoms with Gasteiger partial charge in [-0.05, 0) is 44.0 Å². The minimum atomic E-state index is 0.0930. The van der Waals surface area contributed by atoms with Crippen molar-refractivity contribution in [3.05, 3.63) is 59.4 Å². The second-order valence-corrected chi connectivity index (χ2v) is 9.54. The first-order valence-corrected chi connectivity index (χ1v) is 12.2. The second kappa shape index (κ2) is 9.92. The van der Waals surface area contributed by atoms with E-state index in [9.17, 15) is 4.79 Å². The first-order valence-electron chi connectivity index (χ1n) is 11.0. The van der Waals surface area contributed by atoms with Crippen LogP contribution in [0, 0.1) is 0 Å². The monoisotopic (exact) mass is 440 g/mol. The molecule has 1 saturated heterocycles. The van der Waals surface area contributed by atoms with Crippen LogP contribution in [0.5, 0.6) is 5.75 Å². The molecule has 1 amide bonds. The standard InChI is InChI=1S/C24H32N4O2S/c1-4-10-28-22-9-8-19(26(2)17-18-6-5-7-20(15-18)30-3)16-21(22)23(25-28)24(29)27-11-13-31-14-12-27/h4-7,15,19H,1,8-14,16-17H2,2-3H3/t19-/m1/s1. The van der Waals surface area contributed by atoms with Crippen molar-refractivity contribution in [2.45, 2.75) is 38.4 Å². The van der Waals surface area contributed by atoms with E-state index < -0.39 is 0 Å². The van der Waals surface area contributed by atoms with Crippen molar-refractivity contribution >= 4 is 17.7 Å². The molecule has 0 N–H and O–H groups in total. The number of hydrogen-bond donors (Lipinski definition) is 0. The van der Waals surface area contributed by atoms with Crippen molar-refractivity contribution in [1.82, 2.24) is 19.6 Å². The third-order valence-corrected chi connectivity index (χ3v) is 7.26. The normalized spacial score (nSPS) is 18.7. The first-order chi connectivity index (χ1) is 15.1. The molecule has 31 heavy (non-hydrogen) atoms. The fourth-order valence-electron chi connectivity index (χ4n) is 4.59. The molecule has 1 atom stereocenters. The molecule has 0 radical (unpaired) electrons. The van der Waals surface area contributed by atoms with E-state index in [0.717, 1.165) is 61.7 Å². The van der Waals surface area contributed by atoms with Crippen molar-refractivity contribution < 1.29 is 9.53 Å². The molecule has 1 aliphatic carbocycles. The van der Waals surface area contributed by atoms with Crippen LogP contribution < -0.4 is 4.74 Å². The summed E-state index contributed by atoms with van der Waals surface area (Å²) < 4.78 is 7.37. The highest BCUT2D eigenvalue weighted by Gasteiger charge is 2.32. The summed E-state index contributed by atoms with van der Waals surface area (Å²) in [6, 6.07) is 8.62. The summed E-state index contributed by atoms with van der Waals surface area (Å²) in [6.07, 6.45) is 4.72. The van der Waals surface area contributed by atoms with Gasteiger partial charge in [0.2, 0.25) is 0 Å². The maximum Gasteiger partial charge on any atom is 0.274 e. The molecule has 2 aliphatic rings. The van der Waals surface area contributed by atoms with Crippen molar-refractivity contribution in [3.63, 3.8) is 0 Å². The van der Waals surface area contributed by atoms with Gasteiger partial charge in [0.15, 0.2) is 5.69 Å². The number of aromatic nitrogens is 2. The lowest BCUT2D eigenvalue weighted by Crippen LogP contribution is -2.40. The quantitative estimate of drug-likeness (QED) is 0.619.